The van der Waals surface area contributed by atoms with Gasteiger partial charge in [-0.05, 0) is 51.8 Å². The summed E-state index contributed by atoms with van der Waals surface area (Å²) in [6.07, 6.45) is 2.57. The minimum atomic E-state index is 0.141. The van der Waals surface area contributed by atoms with Crippen LogP contribution < -0.4 is 4.90 Å². The lowest BCUT2D eigenvalue weighted by Crippen LogP contribution is -2.37. The van der Waals surface area contributed by atoms with Crippen molar-refractivity contribution in [3.05, 3.63) is 29.8 Å². The van der Waals surface area contributed by atoms with Crippen molar-refractivity contribution in [2.75, 3.05) is 11.9 Å². The SMILES string of the molecule is CN(c1cccc(C#CC2CC2)c1)C(C)(C)C. The highest BCUT2D eigenvalue weighted by Crippen LogP contribution is 2.28. The van der Waals surface area contributed by atoms with Gasteiger partial charge in [-0.1, -0.05) is 17.9 Å². The number of benzene rings is 1. The number of nitrogens with zero attached hydrogens (tertiary/aromatic N) is 1. The smallest absolute Gasteiger partial charge is 0.0380 e. The van der Waals surface area contributed by atoms with Gasteiger partial charge in [-0.2, -0.15) is 0 Å². The van der Waals surface area contributed by atoms with Crippen LogP contribution in [0.4, 0.5) is 5.69 Å². The number of hydrogen-bond acceptors (Lipinski definition) is 1. The number of anilines is 1. The van der Waals surface area contributed by atoms with E-state index in [1.165, 1.54) is 18.5 Å². The summed E-state index contributed by atoms with van der Waals surface area (Å²) in [5, 5.41) is 0. The molecule has 0 amide bonds. The first-order valence-corrected chi connectivity index (χ1v) is 6.32. The lowest BCUT2D eigenvalue weighted by molar-refractivity contribution is 0.539. The van der Waals surface area contributed by atoms with E-state index in [-0.39, 0.29) is 5.54 Å². The zero-order valence-electron chi connectivity index (χ0n) is 11.2. The highest BCUT2D eigenvalue weighted by atomic mass is 15.2. The van der Waals surface area contributed by atoms with Crippen LogP contribution in [0.15, 0.2) is 24.3 Å². The Labute approximate surface area is 105 Å². The molecule has 0 radical (unpaired) electrons. The van der Waals surface area contributed by atoms with Crippen LogP contribution in [0.25, 0.3) is 0 Å². The Bertz CT molecular complexity index is 452. The fraction of sp³-hybridized carbons (Fsp3) is 0.500. The Hall–Kier alpha value is -1.42. The van der Waals surface area contributed by atoms with E-state index in [1.54, 1.807) is 0 Å². The summed E-state index contributed by atoms with van der Waals surface area (Å²) in [6.45, 7) is 6.65. The van der Waals surface area contributed by atoms with Crippen LogP contribution in [0.3, 0.4) is 0 Å². The van der Waals surface area contributed by atoms with Gasteiger partial charge in [-0.3, -0.25) is 0 Å². The Morgan fingerprint density at radius 3 is 2.53 bits per heavy atom. The van der Waals surface area contributed by atoms with Crippen molar-refractivity contribution >= 4 is 5.69 Å². The lowest BCUT2D eigenvalue weighted by Gasteiger charge is -2.34. The second kappa shape index (κ2) is 4.45. The molecule has 1 aliphatic rings. The molecule has 1 heteroatoms. The topological polar surface area (TPSA) is 3.24 Å². The molecule has 1 saturated carbocycles. The highest BCUT2D eigenvalue weighted by Gasteiger charge is 2.18. The molecule has 0 bridgehead atoms. The van der Waals surface area contributed by atoms with Gasteiger partial charge in [0, 0.05) is 29.8 Å². The molecular formula is C16H21N. The first-order valence-electron chi connectivity index (χ1n) is 6.32. The number of hydrogen-bond donors (Lipinski definition) is 0. The van der Waals surface area contributed by atoms with Gasteiger partial charge >= 0.3 is 0 Å². The Balaban J connectivity index is 2.19. The van der Waals surface area contributed by atoms with Crippen molar-refractivity contribution in [2.24, 2.45) is 5.92 Å². The average Bonchev–Trinajstić information content (AvgIpc) is 3.08. The molecule has 0 aromatic heterocycles. The molecule has 1 aromatic rings. The minimum Gasteiger partial charge on any atom is -0.370 e. The van der Waals surface area contributed by atoms with Crippen LogP contribution in [-0.4, -0.2) is 12.6 Å². The Kier molecular flexibility index (Phi) is 3.15. The van der Waals surface area contributed by atoms with Gasteiger partial charge in [0.25, 0.3) is 0 Å². The van der Waals surface area contributed by atoms with E-state index in [2.05, 4.69) is 68.8 Å². The van der Waals surface area contributed by atoms with Gasteiger partial charge in [0.15, 0.2) is 0 Å². The van der Waals surface area contributed by atoms with E-state index >= 15 is 0 Å². The Morgan fingerprint density at radius 1 is 1.24 bits per heavy atom. The molecule has 17 heavy (non-hydrogen) atoms. The highest BCUT2D eigenvalue weighted by molar-refractivity contribution is 5.53. The second-order valence-corrected chi connectivity index (χ2v) is 5.82. The molecule has 0 saturated heterocycles. The van der Waals surface area contributed by atoms with Crippen molar-refractivity contribution in [3.63, 3.8) is 0 Å². The molecule has 1 nitrogen and oxygen atoms in total. The third-order valence-corrected chi connectivity index (χ3v) is 3.24. The monoisotopic (exact) mass is 227 g/mol. The van der Waals surface area contributed by atoms with E-state index in [4.69, 9.17) is 0 Å². The summed E-state index contributed by atoms with van der Waals surface area (Å²) in [5.41, 5.74) is 2.51. The minimum absolute atomic E-state index is 0.141. The van der Waals surface area contributed by atoms with Crippen molar-refractivity contribution in [1.82, 2.24) is 0 Å². The maximum Gasteiger partial charge on any atom is 0.0380 e. The van der Waals surface area contributed by atoms with Gasteiger partial charge in [0.05, 0.1) is 0 Å². The largest absolute Gasteiger partial charge is 0.370 e. The summed E-state index contributed by atoms with van der Waals surface area (Å²) in [6, 6.07) is 8.51. The lowest BCUT2D eigenvalue weighted by atomic mass is 10.1. The van der Waals surface area contributed by atoms with Crippen LogP contribution in [0, 0.1) is 17.8 Å². The zero-order chi connectivity index (χ0) is 12.5. The van der Waals surface area contributed by atoms with Crippen molar-refractivity contribution in [1.29, 1.82) is 0 Å². The van der Waals surface area contributed by atoms with Crippen molar-refractivity contribution in [3.8, 4) is 11.8 Å². The van der Waals surface area contributed by atoms with E-state index in [0.717, 1.165) is 5.56 Å². The van der Waals surface area contributed by atoms with Crippen LogP contribution >= 0.6 is 0 Å². The van der Waals surface area contributed by atoms with Crippen molar-refractivity contribution < 1.29 is 0 Å². The second-order valence-electron chi connectivity index (χ2n) is 5.82. The maximum absolute atomic E-state index is 3.31. The summed E-state index contributed by atoms with van der Waals surface area (Å²) in [5.74, 6) is 7.25. The van der Waals surface area contributed by atoms with Crippen molar-refractivity contribution in [2.45, 2.75) is 39.2 Å². The molecule has 1 aromatic carbocycles. The first kappa shape index (κ1) is 12.0. The molecule has 2 rings (SSSR count). The summed E-state index contributed by atoms with van der Waals surface area (Å²) in [7, 11) is 2.13. The van der Waals surface area contributed by atoms with Gasteiger partial charge in [0.1, 0.15) is 0 Å². The Morgan fingerprint density at radius 2 is 1.94 bits per heavy atom. The molecule has 0 unspecified atom stereocenters. The first-order chi connectivity index (χ1) is 7.97. The molecule has 1 fully saturated rings. The van der Waals surface area contributed by atoms with Crippen LogP contribution in [-0.2, 0) is 0 Å². The fourth-order valence-electron chi connectivity index (χ4n) is 1.59. The van der Waals surface area contributed by atoms with Gasteiger partial charge in [-0.25, -0.2) is 0 Å². The van der Waals surface area contributed by atoms with Gasteiger partial charge in [-0.15, -0.1) is 0 Å². The fourth-order valence-corrected chi connectivity index (χ4v) is 1.59. The molecule has 90 valence electrons. The molecule has 1 aliphatic carbocycles. The average molecular weight is 227 g/mol. The van der Waals surface area contributed by atoms with Crippen LogP contribution in [0.5, 0.6) is 0 Å². The van der Waals surface area contributed by atoms with E-state index in [0.29, 0.717) is 5.92 Å². The zero-order valence-corrected chi connectivity index (χ0v) is 11.2. The predicted molar refractivity (Wildman–Crippen MR) is 74.2 cm³/mol. The molecular weight excluding hydrogens is 206 g/mol. The molecule has 0 heterocycles. The standard InChI is InChI=1S/C16H21N/c1-16(2,3)17(4)15-7-5-6-14(12-15)11-10-13-8-9-13/h5-7,12-13H,8-9H2,1-4H3. The number of rotatable bonds is 1. The normalized spacial score (nSPS) is 15.1. The molecule has 0 aliphatic heterocycles. The molecule has 0 atom stereocenters. The quantitative estimate of drug-likeness (QED) is 0.661. The van der Waals surface area contributed by atoms with E-state index in [9.17, 15) is 0 Å². The van der Waals surface area contributed by atoms with E-state index in [1.807, 2.05) is 0 Å². The molecule has 0 spiro atoms. The third kappa shape index (κ3) is 3.27. The molecule has 0 N–H and O–H groups in total. The van der Waals surface area contributed by atoms with Crippen LogP contribution in [0.1, 0.15) is 39.2 Å². The maximum atomic E-state index is 3.31. The summed E-state index contributed by atoms with van der Waals surface area (Å²) >= 11 is 0. The van der Waals surface area contributed by atoms with Gasteiger partial charge in [0.2, 0.25) is 0 Å². The summed E-state index contributed by atoms with van der Waals surface area (Å²) < 4.78 is 0. The predicted octanol–water partition coefficient (Wildman–Crippen LogP) is 3.68. The van der Waals surface area contributed by atoms with Gasteiger partial charge < -0.3 is 4.90 Å². The van der Waals surface area contributed by atoms with Crippen LogP contribution in [0.2, 0.25) is 0 Å². The van der Waals surface area contributed by atoms with E-state index < -0.39 is 0 Å². The third-order valence-electron chi connectivity index (χ3n) is 3.24. The summed E-state index contributed by atoms with van der Waals surface area (Å²) in [4.78, 5) is 2.29.